The van der Waals surface area contributed by atoms with Crippen molar-refractivity contribution in [1.82, 2.24) is 0 Å². The summed E-state index contributed by atoms with van der Waals surface area (Å²) in [6.45, 7) is 5.20. The fraction of sp³-hybridized carbons (Fsp3) is 1.00. The van der Waals surface area contributed by atoms with Crippen LogP contribution in [0.25, 0.3) is 10.4 Å². The largest absolute Gasteiger partial charge is 0.355 e. The van der Waals surface area contributed by atoms with Crippen LogP contribution < -0.4 is 0 Å². The van der Waals surface area contributed by atoms with Crippen molar-refractivity contribution in [2.45, 2.75) is 44.9 Å². The van der Waals surface area contributed by atoms with Crippen molar-refractivity contribution < 1.29 is 17.9 Å². The van der Waals surface area contributed by atoms with Crippen molar-refractivity contribution in [3.63, 3.8) is 0 Å². The Morgan fingerprint density at radius 3 is 2.21 bits per heavy atom. The van der Waals surface area contributed by atoms with Crippen molar-refractivity contribution in [2.24, 2.45) is 4.52 Å². The lowest BCUT2D eigenvalue weighted by atomic mass is 10.3. The van der Waals surface area contributed by atoms with Gasteiger partial charge in [0.1, 0.15) is 5.41 Å². The molecule has 0 spiro atoms. The first-order valence-electron chi connectivity index (χ1n) is 6.46. The molecular formula is C10H23N3O4SSi. The normalized spacial score (nSPS) is 12.3. The Labute approximate surface area is 117 Å². The molecule has 0 rings (SSSR count). The number of sulfonamides is 1. The van der Waals surface area contributed by atoms with E-state index in [1.54, 1.807) is 0 Å². The van der Waals surface area contributed by atoms with Crippen LogP contribution in [-0.2, 0) is 19.5 Å². The summed E-state index contributed by atoms with van der Waals surface area (Å²) in [5.41, 5.74) is 7.49. The van der Waals surface area contributed by atoms with Crippen LogP contribution in [0.15, 0.2) is 4.52 Å². The third-order valence-corrected chi connectivity index (χ3v) is 4.62. The predicted octanol–water partition coefficient (Wildman–Crippen LogP) is 1.28. The summed E-state index contributed by atoms with van der Waals surface area (Å²) in [5.74, 6) is -0.175. The summed E-state index contributed by atoms with van der Waals surface area (Å²) in [5, 5.41) is 0. The highest BCUT2D eigenvalue weighted by Gasteiger charge is 2.25. The molecule has 0 fully saturated rings. The van der Waals surface area contributed by atoms with Crippen LogP contribution in [0, 0.1) is 0 Å². The molecule has 0 aliphatic heterocycles. The third-order valence-electron chi connectivity index (χ3n) is 2.42. The molecule has 0 radical (unpaired) electrons. The van der Waals surface area contributed by atoms with Gasteiger partial charge in [-0.15, -0.1) is 0 Å². The van der Waals surface area contributed by atoms with Gasteiger partial charge in [-0.05, 0) is 31.2 Å². The van der Waals surface area contributed by atoms with Gasteiger partial charge in [0.05, 0.1) is 16.0 Å². The maximum absolute atomic E-state index is 11.3. The zero-order valence-electron chi connectivity index (χ0n) is 11.8. The minimum absolute atomic E-state index is 0.175. The molecule has 0 aliphatic carbocycles. The molecule has 0 saturated heterocycles. The first-order chi connectivity index (χ1) is 8.89. The van der Waals surface area contributed by atoms with Crippen molar-refractivity contribution >= 4 is 20.3 Å². The third kappa shape index (κ3) is 9.01. The zero-order chi connectivity index (χ0) is 14.8. The summed E-state index contributed by atoms with van der Waals surface area (Å²) in [6, 6.07) is 0. The second kappa shape index (κ2) is 9.32. The molecule has 0 aromatic carbocycles. The van der Waals surface area contributed by atoms with Gasteiger partial charge in [-0.1, -0.05) is 13.8 Å². The molecule has 0 aliphatic rings. The number of ether oxygens (including phenoxy) is 2. The van der Waals surface area contributed by atoms with Gasteiger partial charge in [0.2, 0.25) is 10.0 Å². The molecule has 0 aromatic rings. The maximum atomic E-state index is 11.3. The standard InChI is InChI=1S/C10H23N3O4SSi/c1-3-7-16-10(19,17-8-4-2)6-5-9-18(14,15)13-12-11/h3-9H2,1-2,19H3. The van der Waals surface area contributed by atoms with Crippen LogP contribution >= 0.6 is 0 Å². The molecule has 0 heterocycles. The Hall–Kier alpha value is -0.603. The van der Waals surface area contributed by atoms with Gasteiger partial charge < -0.3 is 9.47 Å². The van der Waals surface area contributed by atoms with E-state index in [0.717, 1.165) is 12.8 Å². The Kier molecular flexibility index (Phi) is 9.03. The summed E-state index contributed by atoms with van der Waals surface area (Å²) >= 11 is 0. The molecule has 0 N–H and O–H groups in total. The maximum Gasteiger partial charge on any atom is 0.235 e. The molecule has 19 heavy (non-hydrogen) atoms. The highest BCUT2D eigenvalue weighted by Crippen LogP contribution is 2.18. The highest BCUT2D eigenvalue weighted by molar-refractivity contribution is 7.89. The van der Waals surface area contributed by atoms with Crippen molar-refractivity contribution in [3.05, 3.63) is 10.4 Å². The lowest BCUT2D eigenvalue weighted by molar-refractivity contribution is -0.182. The number of hydrogen-bond acceptors (Lipinski definition) is 4. The Balaban J connectivity index is 4.36. The summed E-state index contributed by atoms with van der Waals surface area (Å²) in [4.78, 5) is 2.30. The Bertz CT molecular complexity index is 388. The minimum Gasteiger partial charge on any atom is -0.355 e. The van der Waals surface area contributed by atoms with Gasteiger partial charge in [-0.2, -0.15) is 0 Å². The van der Waals surface area contributed by atoms with E-state index >= 15 is 0 Å². The van der Waals surface area contributed by atoms with Crippen molar-refractivity contribution in [2.75, 3.05) is 19.0 Å². The first-order valence-corrected chi connectivity index (χ1v) is 9.07. The molecule has 7 nitrogen and oxygen atoms in total. The van der Waals surface area contributed by atoms with Crippen molar-refractivity contribution in [3.8, 4) is 0 Å². The first kappa shape index (κ1) is 18.4. The van der Waals surface area contributed by atoms with E-state index in [0.29, 0.717) is 36.3 Å². The van der Waals surface area contributed by atoms with Gasteiger partial charge in [-0.25, -0.2) is 8.42 Å². The molecule has 9 heteroatoms. The molecule has 0 amide bonds. The molecule has 0 bridgehead atoms. The number of rotatable bonds is 11. The quantitative estimate of drug-likeness (QED) is 0.188. The Morgan fingerprint density at radius 2 is 1.79 bits per heavy atom. The van der Waals surface area contributed by atoms with Gasteiger partial charge in [0, 0.05) is 22.6 Å². The summed E-state index contributed by atoms with van der Waals surface area (Å²) in [6.07, 6.45) is 2.63. The van der Waals surface area contributed by atoms with Crippen LogP contribution in [0.4, 0.5) is 0 Å². The van der Waals surface area contributed by atoms with E-state index in [4.69, 9.17) is 15.0 Å². The van der Waals surface area contributed by atoms with Gasteiger partial charge in [0.15, 0.2) is 0 Å². The van der Waals surface area contributed by atoms with Crippen LogP contribution in [-0.4, -0.2) is 43.0 Å². The van der Waals surface area contributed by atoms with Crippen LogP contribution in [0.1, 0.15) is 39.5 Å². The number of azide groups is 1. The lowest BCUT2D eigenvalue weighted by Gasteiger charge is -2.30. The van der Waals surface area contributed by atoms with Gasteiger partial charge in [0.25, 0.3) is 0 Å². The van der Waals surface area contributed by atoms with Crippen LogP contribution in [0.5, 0.6) is 0 Å². The van der Waals surface area contributed by atoms with Gasteiger partial charge >= 0.3 is 0 Å². The minimum atomic E-state index is -3.68. The summed E-state index contributed by atoms with van der Waals surface area (Å²) in [7, 11) is -3.02. The zero-order valence-corrected chi connectivity index (χ0v) is 14.6. The van der Waals surface area contributed by atoms with E-state index in [1.165, 1.54) is 0 Å². The van der Waals surface area contributed by atoms with Crippen LogP contribution in [0.3, 0.4) is 0 Å². The molecule has 0 aromatic heterocycles. The highest BCUT2D eigenvalue weighted by atomic mass is 32.2. The van der Waals surface area contributed by atoms with Gasteiger partial charge in [-0.3, -0.25) is 0 Å². The molecule has 0 saturated carbocycles. The summed E-state index contributed by atoms with van der Waals surface area (Å²) < 4.78 is 36.7. The molecule has 112 valence electrons. The topological polar surface area (TPSA) is 101 Å². The Morgan fingerprint density at radius 1 is 1.26 bits per heavy atom. The monoisotopic (exact) mass is 309 g/mol. The van der Waals surface area contributed by atoms with E-state index in [2.05, 4.69) is 9.43 Å². The average Bonchev–Trinajstić information content (AvgIpc) is 2.34. The molecular weight excluding hydrogens is 286 g/mol. The van der Waals surface area contributed by atoms with E-state index in [9.17, 15) is 8.42 Å². The van der Waals surface area contributed by atoms with E-state index < -0.39 is 15.4 Å². The molecule has 0 unspecified atom stereocenters. The molecule has 0 atom stereocenters. The number of hydrogen-bond donors (Lipinski definition) is 0. The van der Waals surface area contributed by atoms with E-state index in [1.807, 2.05) is 13.8 Å². The van der Waals surface area contributed by atoms with E-state index in [-0.39, 0.29) is 5.75 Å². The predicted molar refractivity (Wildman–Crippen MR) is 77.3 cm³/mol. The lowest BCUT2D eigenvalue weighted by Crippen LogP contribution is -2.37. The SMILES string of the molecule is CCCOC([SiH3])(CCCS(=O)(=O)N=[N+]=[N-])OCCC. The van der Waals surface area contributed by atoms with Crippen LogP contribution in [0.2, 0.25) is 0 Å². The van der Waals surface area contributed by atoms with Crippen molar-refractivity contribution in [1.29, 1.82) is 0 Å². The average molecular weight is 309 g/mol. The second-order valence-corrected chi connectivity index (χ2v) is 7.65. The smallest absolute Gasteiger partial charge is 0.235 e. The fourth-order valence-electron chi connectivity index (χ4n) is 1.49. The second-order valence-electron chi connectivity index (χ2n) is 4.39. The fourth-order valence-corrected chi connectivity index (χ4v) is 2.96. The number of nitrogens with zero attached hydrogens (tertiary/aromatic N) is 3.